The molecule has 0 spiro atoms. The van der Waals surface area contributed by atoms with Crippen LogP contribution >= 0.6 is 0 Å². The fraction of sp³-hybridized carbons (Fsp3) is 0.500. The van der Waals surface area contributed by atoms with E-state index in [1.807, 2.05) is 0 Å². The molecule has 0 fully saturated rings. The number of furan rings is 1. The van der Waals surface area contributed by atoms with Gasteiger partial charge in [-0.25, -0.2) is 0 Å². The van der Waals surface area contributed by atoms with Gasteiger partial charge in [0.15, 0.2) is 5.76 Å². The highest BCUT2D eigenvalue weighted by Crippen LogP contribution is 2.03. The van der Waals surface area contributed by atoms with Crippen molar-refractivity contribution in [2.24, 2.45) is 5.92 Å². The molecule has 0 aliphatic heterocycles. The van der Waals surface area contributed by atoms with Gasteiger partial charge in [0.05, 0.1) is 12.2 Å². The number of carbonyl (C=O) groups excluding carboxylic acids is 2. The zero-order chi connectivity index (χ0) is 15.8. The quantitative estimate of drug-likeness (QED) is 0.620. The largest absolute Gasteiger partial charge is 0.481 e. The second kappa shape index (κ2) is 8.08. The van der Waals surface area contributed by atoms with Gasteiger partial charge in [-0.2, -0.15) is 0 Å². The number of aliphatic carboxylic acids is 1. The first kappa shape index (κ1) is 16.7. The molecule has 0 aliphatic rings. The minimum Gasteiger partial charge on any atom is -0.481 e. The number of nitrogens with one attached hydrogen (secondary N) is 2. The van der Waals surface area contributed by atoms with Gasteiger partial charge in [-0.05, 0) is 32.4 Å². The number of carbonyl (C=O) groups is 3. The Kier molecular flexibility index (Phi) is 6.45. The predicted molar refractivity (Wildman–Crippen MR) is 74.7 cm³/mol. The lowest BCUT2D eigenvalue weighted by Gasteiger charge is -2.17. The van der Waals surface area contributed by atoms with Gasteiger partial charge in [0.2, 0.25) is 5.91 Å². The summed E-state index contributed by atoms with van der Waals surface area (Å²) in [6.45, 7) is 3.53. The third-order valence-electron chi connectivity index (χ3n) is 3.14. The number of carboxylic acids is 1. The first-order valence-electron chi connectivity index (χ1n) is 6.75. The van der Waals surface area contributed by atoms with Gasteiger partial charge in [0.1, 0.15) is 0 Å². The van der Waals surface area contributed by atoms with Crippen LogP contribution in [0.3, 0.4) is 0 Å². The van der Waals surface area contributed by atoms with Crippen LogP contribution in [-0.4, -0.2) is 35.5 Å². The van der Waals surface area contributed by atoms with E-state index in [1.54, 1.807) is 19.1 Å². The Morgan fingerprint density at radius 3 is 2.62 bits per heavy atom. The topological polar surface area (TPSA) is 109 Å². The highest BCUT2D eigenvalue weighted by molar-refractivity contribution is 5.91. The van der Waals surface area contributed by atoms with Crippen molar-refractivity contribution in [1.29, 1.82) is 0 Å². The standard InChI is InChI=1S/C14H20N2O5/c1-9(14(19)20)10(2)16-12(17)6-3-7-15-13(18)11-5-4-8-21-11/h4-5,8-10H,3,6-7H2,1-2H3,(H,15,18)(H,16,17)(H,19,20). The van der Waals surface area contributed by atoms with Crippen LogP contribution in [0.1, 0.15) is 37.2 Å². The molecule has 1 heterocycles. The molecule has 7 heteroatoms. The number of amides is 2. The molecule has 21 heavy (non-hydrogen) atoms. The molecule has 0 saturated heterocycles. The Hall–Kier alpha value is -2.31. The zero-order valence-corrected chi connectivity index (χ0v) is 12.1. The van der Waals surface area contributed by atoms with Gasteiger partial charge in [-0.1, -0.05) is 0 Å². The number of hydrogen-bond donors (Lipinski definition) is 3. The van der Waals surface area contributed by atoms with Gasteiger partial charge >= 0.3 is 5.97 Å². The summed E-state index contributed by atoms with van der Waals surface area (Å²) in [5.41, 5.74) is 0. The first-order valence-corrected chi connectivity index (χ1v) is 6.75. The van der Waals surface area contributed by atoms with Crippen molar-refractivity contribution >= 4 is 17.8 Å². The molecule has 1 aromatic heterocycles. The smallest absolute Gasteiger partial charge is 0.308 e. The highest BCUT2D eigenvalue weighted by Gasteiger charge is 2.20. The zero-order valence-electron chi connectivity index (χ0n) is 12.1. The van der Waals surface area contributed by atoms with Crippen LogP contribution in [0.2, 0.25) is 0 Å². The van der Waals surface area contributed by atoms with E-state index in [0.717, 1.165) is 0 Å². The highest BCUT2D eigenvalue weighted by atomic mass is 16.4. The summed E-state index contributed by atoms with van der Waals surface area (Å²) in [5, 5.41) is 14.1. The van der Waals surface area contributed by atoms with Crippen molar-refractivity contribution in [3.8, 4) is 0 Å². The number of hydrogen-bond acceptors (Lipinski definition) is 4. The van der Waals surface area contributed by atoms with Gasteiger partial charge in [-0.15, -0.1) is 0 Å². The molecule has 1 rings (SSSR count). The fourth-order valence-corrected chi connectivity index (χ4v) is 1.61. The summed E-state index contributed by atoms with van der Waals surface area (Å²) in [4.78, 5) is 33.9. The molecule has 0 aliphatic carbocycles. The Labute approximate surface area is 122 Å². The van der Waals surface area contributed by atoms with Crippen LogP contribution in [0.15, 0.2) is 22.8 Å². The first-order chi connectivity index (χ1) is 9.91. The molecule has 0 bridgehead atoms. The molecular formula is C14H20N2O5. The lowest BCUT2D eigenvalue weighted by molar-refractivity contribution is -0.142. The van der Waals surface area contributed by atoms with Crippen molar-refractivity contribution in [1.82, 2.24) is 10.6 Å². The maximum Gasteiger partial charge on any atom is 0.308 e. The summed E-state index contributed by atoms with van der Waals surface area (Å²) in [6.07, 6.45) is 2.09. The van der Waals surface area contributed by atoms with Crippen LogP contribution in [0.5, 0.6) is 0 Å². The second-order valence-corrected chi connectivity index (χ2v) is 4.82. The van der Waals surface area contributed by atoms with Crippen LogP contribution in [-0.2, 0) is 9.59 Å². The maximum atomic E-state index is 11.6. The third kappa shape index (κ3) is 5.68. The molecule has 2 atom stereocenters. The fourth-order valence-electron chi connectivity index (χ4n) is 1.61. The van der Waals surface area contributed by atoms with Crippen LogP contribution in [0.25, 0.3) is 0 Å². The SMILES string of the molecule is CC(NC(=O)CCCNC(=O)c1ccco1)C(C)C(=O)O. The molecular weight excluding hydrogens is 276 g/mol. The Morgan fingerprint density at radius 2 is 2.05 bits per heavy atom. The normalized spacial score (nSPS) is 13.2. The van der Waals surface area contributed by atoms with Crippen LogP contribution in [0.4, 0.5) is 0 Å². The van der Waals surface area contributed by atoms with E-state index in [-0.39, 0.29) is 24.0 Å². The van der Waals surface area contributed by atoms with Crippen molar-refractivity contribution < 1.29 is 23.9 Å². The molecule has 3 N–H and O–H groups in total. The van der Waals surface area contributed by atoms with E-state index in [4.69, 9.17) is 9.52 Å². The van der Waals surface area contributed by atoms with E-state index < -0.39 is 17.9 Å². The number of carboxylic acid groups (broad SMARTS) is 1. The predicted octanol–water partition coefficient (Wildman–Crippen LogP) is 1.01. The lowest BCUT2D eigenvalue weighted by atomic mass is 10.0. The lowest BCUT2D eigenvalue weighted by Crippen LogP contribution is -2.40. The van der Waals surface area contributed by atoms with Gasteiger partial charge in [0.25, 0.3) is 5.91 Å². The molecule has 0 saturated carbocycles. The van der Waals surface area contributed by atoms with Crippen molar-refractivity contribution in [3.05, 3.63) is 24.2 Å². The summed E-state index contributed by atoms with van der Waals surface area (Å²) in [6, 6.07) is 2.73. The Bertz CT molecular complexity index is 484. The van der Waals surface area contributed by atoms with E-state index >= 15 is 0 Å². The Balaban J connectivity index is 2.19. The van der Waals surface area contributed by atoms with Gasteiger partial charge in [0, 0.05) is 19.0 Å². The van der Waals surface area contributed by atoms with Crippen molar-refractivity contribution in [3.63, 3.8) is 0 Å². The van der Waals surface area contributed by atoms with E-state index in [0.29, 0.717) is 13.0 Å². The molecule has 2 amide bonds. The average Bonchev–Trinajstić information content (AvgIpc) is 2.96. The number of rotatable bonds is 8. The van der Waals surface area contributed by atoms with Crippen LogP contribution < -0.4 is 10.6 Å². The third-order valence-corrected chi connectivity index (χ3v) is 3.14. The van der Waals surface area contributed by atoms with Crippen molar-refractivity contribution in [2.45, 2.75) is 32.7 Å². The van der Waals surface area contributed by atoms with Gasteiger partial charge < -0.3 is 20.2 Å². The second-order valence-electron chi connectivity index (χ2n) is 4.82. The molecule has 0 radical (unpaired) electrons. The summed E-state index contributed by atoms with van der Waals surface area (Å²) in [5.74, 6) is -1.93. The summed E-state index contributed by atoms with van der Waals surface area (Å²) in [7, 11) is 0. The van der Waals surface area contributed by atoms with E-state index in [2.05, 4.69) is 10.6 Å². The molecule has 116 valence electrons. The summed E-state index contributed by atoms with van der Waals surface area (Å²) < 4.78 is 4.93. The van der Waals surface area contributed by atoms with E-state index in [9.17, 15) is 14.4 Å². The Morgan fingerprint density at radius 1 is 1.33 bits per heavy atom. The maximum absolute atomic E-state index is 11.6. The molecule has 2 unspecified atom stereocenters. The molecule has 0 aromatic carbocycles. The monoisotopic (exact) mass is 296 g/mol. The van der Waals surface area contributed by atoms with Crippen LogP contribution in [0, 0.1) is 5.92 Å². The summed E-state index contributed by atoms with van der Waals surface area (Å²) >= 11 is 0. The molecule has 7 nitrogen and oxygen atoms in total. The average molecular weight is 296 g/mol. The molecule has 1 aromatic rings. The van der Waals surface area contributed by atoms with E-state index in [1.165, 1.54) is 13.2 Å². The minimum atomic E-state index is -0.950. The van der Waals surface area contributed by atoms with Crippen molar-refractivity contribution in [2.75, 3.05) is 6.54 Å². The van der Waals surface area contributed by atoms with Gasteiger partial charge in [-0.3, -0.25) is 14.4 Å². The minimum absolute atomic E-state index is 0.217.